The third-order valence-electron chi connectivity index (χ3n) is 1.72. The van der Waals surface area contributed by atoms with Gasteiger partial charge in [0.25, 0.3) is 0 Å². The lowest BCUT2D eigenvalue weighted by molar-refractivity contribution is -0.167. The average molecular weight is 157 g/mol. The van der Waals surface area contributed by atoms with Crippen LogP contribution in [0.2, 0.25) is 0 Å². The Labute approximate surface area is 64.9 Å². The second kappa shape index (κ2) is 2.90. The molecule has 2 atom stereocenters. The Kier molecular flexibility index (Phi) is 2.12. The zero-order valence-corrected chi connectivity index (χ0v) is 6.59. The Balaban J connectivity index is 2.38. The quantitative estimate of drug-likeness (QED) is 0.454. The van der Waals surface area contributed by atoms with Gasteiger partial charge in [-0.15, -0.1) is 0 Å². The molecule has 1 heterocycles. The highest BCUT2D eigenvalue weighted by Crippen LogP contribution is 2.19. The molecule has 4 nitrogen and oxygen atoms in total. The van der Waals surface area contributed by atoms with Gasteiger partial charge < -0.3 is 10.1 Å². The predicted octanol–water partition coefficient (Wildman–Crippen LogP) is 0.0316. The SMILES string of the molecule is CC[C@H]1C(=O)N[C@@H]1OC(C)=O. The Morgan fingerprint density at radius 1 is 1.73 bits per heavy atom. The fourth-order valence-corrected chi connectivity index (χ4v) is 1.08. The number of hydrogen-bond donors (Lipinski definition) is 1. The van der Waals surface area contributed by atoms with Crippen LogP contribution in [0.4, 0.5) is 0 Å². The number of amides is 1. The Hall–Kier alpha value is -1.06. The fraction of sp³-hybridized carbons (Fsp3) is 0.714. The Bertz CT molecular complexity index is 190. The van der Waals surface area contributed by atoms with Crippen molar-refractivity contribution in [1.29, 1.82) is 0 Å². The molecule has 0 aliphatic carbocycles. The molecule has 1 saturated heterocycles. The van der Waals surface area contributed by atoms with Gasteiger partial charge in [0, 0.05) is 6.92 Å². The molecule has 62 valence electrons. The minimum atomic E-state index is -0.384. The van der Waals surface area contributed by atoms with E-state index in [1.54, 1.807) is 0 Å². The van der Waals surface area contributed by atoms with Gasteiger partial charge in [-0.2, -0.15) is 0 Å². The normalized spacial score (nSPS) is 28.7. The van der Waals surface area contributed by atoms with E-state index in [1.165, 1.54) is 6.92 Å². The number of β-lactam (4-membered cyclic amide) rings is 1. The van der Waals surface area contributed by atoms with E-state index in [9.17, 15) is 9.59 Å². The zero-order chi connectivity index (χ0) is 8.43. The highest BCUT2D eigenvalue weighted by Gasteiger charge is 2.39. The molecule has 0 aromatic carbocycles. The predicted molar refractivity (Wildman–Crippen MR) is 37.5 cm³/mol. The van der Waals surface area contributed by atoms with Crippen LogP contribution in [0, 0.1) is 5.92 Å². The third-order valence-corrected chi connectivity index (χ3v) is 1.72. The van der Waals surface area contributed by atoms with Gasteiger partial charge in [-0.1, -0.05) is 6.92 Å². The number of carbonyl (C=O) groups excluding carboxylic acids is 2. The summed E-state index contributed by atoms with van der Waals surface area (Å²) >= 11 is 0. The van der Waals surface area contributed by atoms with E-state index in [4.69, 9.17) is 4.74 Å². The van der Waals surface area contributed by atoms with Crippen molar-refractivity contribution in [2.45, 2.75) is 26.5 Å². The first-order valence-corrected chi connectivity index (χ1v) is 3.62. The summed E-state index contributed by atoms with van der Waals surface area (Å²) in [6.45, 7) is 3.22. The van der Waals surface area contributed by atoms with Crippen molar-refractivity contribution < 1.29 is 14.3 Å². The van der Waals surface area contributed by atoms with Crippen LogP contribution in [-0.2, 0) is 14.3 Å². The van der Waals surface area contributed by atoms with Crippen LogP contribution >= 0.6 is 0 Å². The van der Waals surface area contributed by atoms with Gasteiger partial charge >= 0.3 is 5.97 Å². The van der Waals surface area contributed by atoms with Gasteiger partial charge in [0.15, 0.2) is 6.23 Å². The number of rotatable bonds is 2. The zero-order valence-electron chi connectivity index (χ0n) is 6.59. The molecule has 1 fully saturated rings. The number of esters is 1. The Morgan fingerprint density at radius 2 is 2.36 bits per heavy atom. The number of hydrogen-bond acceptors (Lipinski definition) is 3. The lowest BCUT2D eigenvalue weighted by atomic mass is 9.96. The molecule has 0 aromatic heterocycles. The maximum Gasteiger partial charge on any atom is 0.304 e. The van der Waals surface area contributed by atoms with E-state index in [-0.39, 0.29) is 24.0 Å². The third kappa shape index (κ3) is 1.50. The van der Waals surface area contributed by atoms with Crippen molar-refractivity contribution in [3.8, 4) is 0 Å². The summed E-state index contributed by atoms with van der Waals surface area (Å²) in [6.07, 6.45) is 0.328. The largest absolute Gasteiger partial charge is 0.441 e. The molecule has 1 aliphatic heterocycles. The first-order valence-electron chi connectivity index (χ1n) is 3.62. The lowest BCUT2D eigenvalue weighted by Crippen LogP contribution is -2.59. The molecule has 11 heavy (non-hydrogen) atoms. The van der Waals surface area contributed by atoms with Crippen LogP contribution in [0.5, 0.6) is 0 Å². The summed E-state index contributed by atoms with van der Waals surface area (Å²) in [7, 11) is 0. The summed E-state index contributed by atoms with van der Waals surface area (Å²) in [4.78, 5) is 21.2. The second-order valence-corrected chi connectivity index (χ2v) is 2.55. The average Bonchev–Trinajstić information content (AvgIpc) is 1.86. The molecule has 1 aliphatic rings. The molecule has 0 aromatic rings. The summed E-state index contributed by atoms with van der Waals surface area (Å²) in [6, 6.07) is 0. The van der Waals surface area contributed by atoms with Crippen molar-refractivity contribution >= 4 is 11.9 Å². The van der Waals surface area contributed by atoms with Gasteiger partial charge in [-0.05, 0) is 6.42 Å². The molecular weight excluding hydrogens is 146 g/mol. The molecule has 0 radical (unpaired) electrons. The van der Waals surface area contributed by atoms with Crippen LogP contribution in [0.3, 0.4) is 0 Å². The van der Waals surface area contributed by atoms with Crippen molar-refractivity contribution in [3.63, 3.8) is 0 Å². The van der Waals surface area contributed by atoms with Crippen molar-refractivity contribution in [2.75, 3.05) is 0 Å². The molecule has 0 spiro atoms. The van der Waals surface area contributed by atoms with E-state index in [0.29, 0.717) is 6.42 Å². The smallest absolute Gasteiger partial charge is 0.304 e. The van der Waals surface area contributed by atoms with Gasteiger partial charge in [-0.25, -0.2) is 0 Å². The number of carbonyl (C=O) groups is 2. The topological polar surface area (TPSA) is 55.4 Å². The Morgan fingerprint density at radius 3 is 2.73 bits per heavy atom. The summed E-state index contributed by atoms with van der Waals surface area (Å²) in [5.41, 5.74) is 0. The van der Waals surface area contributed by atoms with Crippen molar-refractivity contribution in [3.05, 3.63) is 0 Å². The van der Waals surface area contributed by atoms with Gasteiger partial charge in [-0.3, -0.25) is 9.59 Å². The van der Waals surface area contributed by atoms with Crippen LogP contribution < -0.4 is 5.32 Å². The van der Waals surface area contributed by atoms with Gasteiger partial charge in [0.1, 0.15) is 0 Å². The molecule has 4 heteroatoms. The molecule has 0 unspecified atom stereocenters. The van der Waals surface area contributed by atoms with Crippen LogP contribution in [0.25, 0.3) is 0 Å². The number of ether oxygens (including phenoxy) is 1. The second-order valence-electron chi connectivity index (χ2n) is 2.55. The van der Waals surface area contributed by atoms with Crippen LogP contribution in [0.15, 0.2) is 0 Å². The summed E-state index contributed by atoms with van der Waals surface area (Å²) < 4.78 is 4.79. The van der Waals surface area contributed by atoms with Gasteiger partial charge in [0.05, 0.1) is 5.92 Å². The molecule has 1 rings (SSSR count). The van der Waals surface area contributed by atoms with E-state index < -0.39 is 0 Å². The molecule has 0 bridgehead atoms. The maximum absolute atomic E-state index is 10.8. The molecule has 1 N–H and O–H groups in total. The van der Waals surface area contributed by atoms with Crippen LogP contribution in [0.1, 0.15) is 20.3 Å². The first kappa shape index (κ1) is 8.04. The maximum atomic E-state index is 10.8. The summed E-state index contributed by atoms with van der Waals surface area (Å²) in [5.74, 6) is -0.522. The van der Waals surface area contributed by atoms with E-state index >= 15 is 0 Å². The van der Waals surface area contributed by atoms with Crippen LogP contribution in [-0.4, -0.2) is 18.1 Å². The molecule has 1 amide bonds. The van der Waals surface area contributed by atoms with Gasteiger partial charge in [0.2, 0.25) is 5.91 Å². The molecule has 0 saturated carbocycles. The van der Waals surface area contributed by atoms with E-state index in [2.05, 4.69) is 5.32 Å². The lowest BCUT2D eigenvalue weighted by Gasteiger charge is -2.34. The minimum absolute atomic E-state index is 0.0289. The van der Waals surface area contributed by atoms with E-state index in [1.807, 2.05) is 6.92 Å². The monoisotopic (exact) mass is 157 g/mol. The summed E-state index contributed by atoms with van der Waals surface area (Å²) in [5, 5.41) is 2.49. The van der Waals surface area contributed by atoms with E-state index in [0.717, 1.165) is 0 Å². The molecular formula is C7H11NO3. The van der Waals surface area contributed by atoms with Crippen molar-refractivity contribution in [2.24, 2.45) is 5.92 Å². The standard InChI is InChI=1S/C7H11NO3/c1-3-5-6(10)8-7(5)11-4(2)9/h5,7H,3H2,1-2H3,(H,8,10)/t5-,7+/m0/s1. The minimum Gasteiger partial charge on any atom is -0.441 e. The highest BCUT2D eigenvalue weighted by atomic mass is 16.6. The number of nitrogens with one attached hydrogen (secondary N) is 1. The first-order chi connectivity index (χ1) is 5.15. The fourth-order valence-electron chi connectivity index (χ4n) is 1.08. The van der Waals surface area contributed by atoms with Crippen molar-refractivity contribution in [1.82, 2.24) is 5.32 Å². The highest BCUT2D eigenvalue weighted by molar-refractivity contribution is 5.86.